The molecule has 0 saturated carbocycles. The first-order valence-corrected chi connectivity index (χ1v) is 8.60. The molecule has 1 aliphatic heterocycles. The standard InChI is InChI=1S/C21H21NO2/c1-3-4-8-14-9-7-12-17-19(14)18(13(2)22-17)20-15-10-5-6-11-16(15)21(23)24-20/h5-7,9-12,20,22H,3-4,8H2,1-2H3. The van der Waals surface area contributed by atoms with Gasteiger partial charge in [-0.15, -0.1) is 0 Å². The number of cyclic esters (lactones) is 1. The normalized spacial score (nSPS) is 16.4. The van der Waals surface area contributed by atoms with Crippen molar-refractivity contribution in [1.29, 1.82) is 0 Å². The highest BCUT2D eigenvalue weighted by Gasteiger charge is 2.34. The van der Waals surface area contributed by atoms with E-state index in [4.69, 9.17) is 4.74 Å². The van der Waals surface area contributed by atoms with Crippen LogP contribution in [-0.4, -0.2) is 11.0 Å². The number of hydrogen-bond donors (Lipinski definition) is 1. The Morgan fingerprint density at radius 1 is 1.12 bits per heavy atom. The van der Waals surface area contributed by atoms with E-state index in [-0.39, 0.29) is 12.1 Å². The van der Waals surface area contributed by atoms with Crippen molar-refractivity contribution in [2.45, 2.75) is 39.2 Å². The smallest absolute Gasteiger partial charge is 0.339 e. The number of carbonyl (C=O) groups is 1. The number of nitrogens with one attached hydrogen (secondary N) is 1. The quantitative estimate of drug-likeness (QED) is 0.681. The lowest BCUT2D eigenvalue weighted by molar-refractivity contribution is 0.0457. The Kier molecular flexibility index (Phi) is 3.64. The van der Waals surface area contributed by atoms with Crippen molar-refractivity contribution in [3.8, 4) is 0 Å². The van der Waals surface area contributed by atoms with Crippen LogP contribution in [-0.2, 0) is 11.2 Å². The number of carbonyl (C=O) groups excluding carboxylic acids is 1. The average molecular weight is 319 g/mol. The van der Waals surface area contributed by atoms with Crippen LogP contribution in [0.1, 0.15) is 58.6 Å². The Bertz CT molecular complexity index is 923. The molecule has 122 valence electrons. The summed E-state index contributed by atoms with van der Waals surface area (Å²) in [5, 5.41) is 1.22. The van der Waals surface area contributed by atoms with E-state index in [2.05, 4.69) is 37.0 Å². The van der Waals surface area contributed by atoms with Gasteiger partial charge in [-0.3, -0.25) is 0 Å². The molecule has 0 fully saturated rings. The summed E-state index contributed by atoms with van der Waals surface area (Å²) in [4.78, 5) is 15.7. The van der Waals surface area contributed by atoms with Crippen molar-refractivity contribution < 1.29 is 9.53 Å². The summed E-state index contributed by atoms with van der Waals surface area (Å²) in [7, 11) is 0. The lowest BCUT2D eigenvalue weighted by Crippen LogP contribution is -2.03. The fraction of sp³-hybridized carbons (Fsp3) is 0.286. The van der Waals surface area contributed by atoms with E-state index in [0.29, 0.717) is 5.56 Å². The summed E-state index contributed by atoms with van der Waals surface area (Å²) in [6.45, 7) is 4.27. The third kappa shape index (κ3) is 2.23. The number of ether oxygens (including phenoxy) is 1. The van der Waals surface area contributed by atoms with Gasteiger partial charge in [0, 0.05) is 27.7 Å². The molecule has 3 heteroatoms. The third-order valence-electron chi connectivity index (χ3n) is 4.90. The lowest BCUT2D eigenvalue weighted by atomic mass is 9.93. The molecule has 0 spiro atoms. The predicted octanol–water partition coefficient (Wildman–Crippen LogP) is 5.08. The Morgan fingerprint density at radius 3 is 2.79 bits per heavy atom. The number of aromatic amines is 1. The highest BCUT2D eigenvalue weighted by molar-refractivity contribution is 5.96. The molecule has 2 aromatic carbocycles. The molecule has 0 aliphatic carbocycles. The van der Waals surface area contributed by atoms with Crippen molar-refractivity contribution >= 4 is 16.9 Å². The van der Waals surface area contributed by atoms with Gasteiger partial charge in [-0.25, -0.2) is 4.79 Å². The van der Waals surface area contributed by atoms with Gasteiger partial charge < -0.3 is 9.72 Å². The second-order valence-electron chi connectivity index (χ2n) is 6.48. The number of esters is 1. The van der Waals surface area contributed by atoms with Gasteiger partial charge in [-0.05, 0) is 37.5 Å². The average Bonchev–Trinajstić information content (AvgIpc) is 3.10. The van der Waals surface area contributed by atoms with Crippen LogP contribution >= 0.6 is 0 Å². The topological polar surface area (TPSA) is 42.1 Å². The molecule has 24 heavy (non-hydrogen) atoms. The molecular formula is C21H21NO2. The van der Waals surface area contributed by atoms with Gasteiger partial charge in [-0.1, -0.05) is 43.7 Å². The summed E-state index contributed by atoms with van der Waals surface area (Å²) in [5.41, 5.74) is 6.28. The Morgan fingerprint density at radius 2 is 1.96 bits per heavy atom. The zero-order chi connectivity index (χ0) is 16.7. The van der Waals surface area contributed by atoms with Crippen LogP contribution in [0.15, 0.2) is 42.5 Å². The molecule has 1 atom stereocenters. The van der Waals surface area contributed by atoms with Crippen molar-refractivity contribution in [2.24, 2.45) is 0 Å². The molecule has 4 rings (SSSR count). The van der Waals surface area contributed by atoms with E-state index in [1.165, 1.54) is 10.9 Å². The van der Waals surface area contributed by atoms with Crippen molar-refractivity contribution in [1.82, 2.24) is 4.98 Å². The summed E-state index contributed by atoms with van der Waals surface area (Å²) >= 11 is 0. The summed E-state index contributed by atoms with van der Waals surface area (Å²) in [6, 6.07) is 14.1. The molecule has 1 aromatic heterocycles. The Hall–Kier alpha value is -2.55. The number of benzene rings is 2. The fourth-order valence-corrected chi connectivity index (χ4v) is 3.74. The maximum Gasteiger partial charge on any atom is 0.339 e. The molecule has 2 heterocycles. The third-order valence-corrected chi connectivity index (χ3v) is 4.90. The van der Waals surface area contributed by atoms with E-state index in [1.807, 2.05) is 24.3 Å². The molecule has 1 N–H and O–H groups in total. The van der Waals surface area contributed by atoms with E-state index >= 15 is 0 Å². The van der Waals surface area contributed by atoms with Crippen LogP contribution in [0.2, 0.25) is 0 Å². The predicted molar refractivity (Wildman–Crippen MR) is 95.3 cm³/mol. The molecule has 3 nitrogen and oxygen atoms in total. The number of hydrogen-bond acceptors (Lipinski definition) is 2. The molecule has 0 bridgehead atoms. The van der Waals surface area contributed by atoms with Gasteiger partial charge in [0.15, 0.2) is 6.10 Å². The first-order valence-electron chi connectivity index (χ1n) is 8.60. The summed E-state index contributed by atoms with van der Waals surface area (Å²) < 4.78 is 5.77. The fourth-order valence-electron chi connectivity index (χ4n) is 3.74. The van der Waals surface area contributed by atoms with Crippen LogP contribution in [0, 0.1) is 6.92 Å². The van der Waals surface area contributed by atoms with Gasteiger partial charge >= 0.3 is 5.97 Å². The Labute approximate surface area is 141 Å². The Balaban J connectivity index is 1.91. The minimum Gasteiger partial charge on any atom is -0.449 e. The lowest BCUT2D eigenvalue weighted by Gasteiger charge is -2.13. The molecule has 0 saturated heterocycles. The molecule has 1 aliphatic rings. The van der Waals surface area contributed by atoms with E-state index in [9.17, 15) is 4.79 Å². The van der Waals surface area contributed by atoms with Crippen LogP contribution < -0.4 is 0 Å². The number of aromatic nitrogens is 1. The zero-order valence-corrected chi connectivity index (χ0v) is 14.1. The van der Waals surface area contributed by atoms with Crippen molar-refractivity contribution in [3.63, 3.8) is 0 Å². The van der Waals surface area contributed by atoms with Crippen LogP contribution in [0.3, 0.4) is 0 Å². The number of aryl methyl sites for hydroxylation is 2. The zero-order valence-electron chi connectivity index (χ0n) is 14.1. The maximum absolute atomic E-state index is 12.2. The van der Waals surface area contributed by atoms with E-state index < -0.39 is 0 Å². The van der Waals surface area contributed by atoms with Crippen molar-refractivity contribution in [2.75, 3.05) is 0 Å². The highest BCUT2D eigenvalue weighted by Crippen LogP contribution is 2.41. The number of H-pyrrole nitrogens is 1. The molecule has 0 amide bonds. The van der Waals surface area contributed by atoms with Crippen LogP contribution in [0.25, 0.3) is 10.9 Å². The van der Waals surface area contributed by atoms with Crippen LogP contribution in [0.4, 0.5) is 0 Å². The van der Waals surface area contributed by atoms with E-state index in [0.717, 1.165) is 41.6 Å². The van der Waals surface area contributed by atoms with Gasteiger partial charge in [-0.2, -0.15) is 0 Å². The van der Waals surface area contributed by atoms with Gasteiger partial charge in [0.1, 0.15) is 0 Å². The SMILES string of the molecule is CCCCc1cccc2[nH]c(C)c(C3OC(=O)c4ccccc43)c12. The maximum atomic E-state index is 12.2. The highest BCUT2D eigenvalue weighted by atomic mass is 16.5. The molecule has 0 radical (unpaired) electrons. The largest absolute Gasteiger partial charge is 0.449 e. The monoisotopic (exact) mass is 319 g/mol. The molecule has 3 aromatic rings. The van der Waals surface area contributed by atoms with Crippen LogP contribution in [0.5, 0.6) is 0 Å². The van der Waals surface area contributed by atoms with Crippen molar-refractivity contribution in [3.05, 3.63) is 70.4 Å². The second-order valence-corrected chi connectivity index (χ2v) is 6.48. The van der Waals surface area contributed by atoms with Gasteiger partial charge in [0.05, 0.1) is 5.56 Å². The first-order chi connectivity index (χ1) is 11.7. The van der Waals surface area contributed by atoms with Gasteiger partial charge in [0.25, 0.3) is 0 Å². The van der Waals surface area contributed by atoms with Gasteiger partial charge in [0.2, 0.25) is 0 Å². The first kappa shape index (κ1) is 15.0. The number of rotatable bonds is 4. The molecule has 1 unspecified atom stereocenters. The number of fused-ring (bicyclic) bond motifs is 2. The van der Waals surface area contributed by atoms with E-state index in [1.54, 1.807) is 0 Å². The summed E-state index contributed by atoms with van der Waals surface area (Å²) in [5.74, 6) is -0.226. The summed E-state index contributed by atoms with van der Waals surface area (Å²) in [6.07, 6.45) is 3.05. The minimum atomic E-state index is -0.315. The molecular weight excluding hydrogens is 298 g/mol. The second kappa shape index (κ2) is 5.82. The number of unbranched alkanes of at least 4 members (excludes halogenated alkanes) is 1. The minimum absolute atomic E-state index is 0.226.